The maximum atomic E-state index is 14.2. The first-order valence-electron chi connectivity index (χ1n) is 11.3. The fourth-order valence-electron chi connectivity index (χ4n) is 5.28. The molecule has 0 radical (unpaired) electrons. The highest BCUT2D eigenvalue weighted by molar-refractivity contribution is 6.35. The van der Waals surface area contributed by atoms with Crippen molar-refractivity contribution in [2.45, 2.75) is 44.5 Å². The largest absolute Gasteiger partial charge is 0.416 e. The van der Waals surface area contributed by atoms with Crippen molar-refractivity contribution in [3.8, 4) is 6.07 Å². The van der Waals surface area contributed by atoms with Crippen molar-refractivity contribution in [2.24, 2.45) is 5.92 Å². The van der Waals surface area contributed by atoms with Gasteiger partial charge in [-0.3, -0.25) is 4.79 Å². The minimum atomic E-state index is -4.93. The Hall–Kier alpha value is -2.31. The third-order valence-corrected chi connectivity index (χ3v) is 7.61. The number of rotatable bonds is 6. The van der Waals surface area contributed by atoms with Crippen molar-refractivity contribution in [1.82, 2.24) is 4.90 Å². The van der Waals surface area contributed by atoms with E-state index in [0.717, 1.165) is 25.9 Å². The Kier molecular flexibility index (Phi) is 6.84. The maximum absolute atomic E-state index is 14.2. The molecule has 186 valence electrons. The zero-order chi connectivity index (χ0) is 25.7. The van der Waals surface area contributed by atoms with Crippen LogP contribution < -0.4 is 4.90 Å². The van der Waals surface area contributed by atoms with Crippen LogP contribution in [0.15, 0.2) is 30.3 Å². The quantitative estimate of drug-likeness (QED) is 0.534. The minimum absolute atomic E-state index is 0.0421. The molecule has 0 aromatic heterocycles. The number of benzene rings is 2. The van der Waals surface area contributed by atoms with E-state index in [1.165, 1.54) is 29.2 Å². The molecule has 0 spiro atoms. The van der Waals surface area contributed by atoms with Gasteiger partial charge in [-0.1, -0.05) is 43.1 Å². The number of alkyl halides is 3. The lowest BCUT2D eigenvalue weighted by Crippen LogP contribution is -2.50. The molecule has 1 fully saturated rings. The Bertz CT molecular complexity index is 1200. The normalized spacial score (nSPS) is 23.9. The summed E-state index contributed by atoms with van der Waals surface area (Å²) in [6.45, 7) is 6.02. The molecular weight excluding hydrogens is 502 g/mol. The van der Waals surface area contributed by atoms with Crippen molar-refractivity contribution in [2.75, 3.05) is 24.5 Å². The molecule has 1 unspecified atom stereocenters. The zero-order valence-electron chi connectivity index (χ0n) is 19.2. The second-order valence-electron chi connectivity index (χ2n) is 8.99. The van der Waals surface area contributed by atoms with Gasteiger partial charge in [0.05, 0.1) is 22.9 Å². The summed E-state index contributed by atoms with van der Waals surface area (Å²) in [6.07, 6.45) is -3.36. The van der Waals surface area contributed by atoms with Gasteiger partial charge in [-0.15, -0.1) is 0 Å². The third kappa shape index (κ3) is 4.29. The molecule has 1 amide bonds. The minimum Gasteiger partial charge on any atom is -0.372 e. The predicted molar refractivity (Wildman–Crippen MR) is 127 cm³/mol. The lowest BCUT2D eigenvalue weighted by Gasteiger charge is -2.43. The average Bonchev–Trinajstić information content (AvgIpc) is 2.98. The van der Waals surface area contributed by atoms with E-state index in [4.69, 9.17) is 23.2 Å². The van der Waals surface area contributed by atoms with E-state index in [9.17, 15) is 28.3 Å². The summed E-state index contributed by atoms with van der Waals surface area (Å²) in [5, 5.41) is 21.2. The summed E-state index contributed by atoms with van der Waals surface area (Å²) < 4.78 is 42.6. The Morgan fingerprint density at radius 3 is 2.40 bits per heavy atom. The Balaban J connectivity index is 1.84. The molecule has 2 aromatic rings. The SMILES string of the molecule is CCN(CC)[C@H]1C[C@@H](CN2C(=O)C(O)(c3ccc(Cl)cc3Cl)c3c2cc(C#N)cc3C(F)(F)F)C1. The van der Waals surface area contributed by atoms with Gasteiger partial charge in [0.2, 0.25) is 0 Å². The molecule has 1 heterocycles. The highest BCUT2D eigenvalue weighted by Gasteiger charge is 2.57. The fourth-order valence-corrected chi connectivity index (χ4v) is 5.82. The summed E-state index contributed by atoms with van der Waals surface area (Å²) in [6, 6.07) is 7.84. The molecule has 1 aliphatic carbocycles. The average molecular weight is 526 g/mol. The summed E-state index contributed by atoms with van der Waals surface area (Å²) in [5.41, 5.74) is -5.11. The van der Waals surface area contributed by atoms with E-state index in [2.05, 4.69) is 18.7 Å². The number of halogens is 5. The van der Waals surface area contributed by atoms with Crippen LogP contribution in [0.1, 0.15) is 48.9 Å². The molecule has 2 aromatic carbocycles. The van der Waals surface area contributed by atoms with E-state index in [0.29, 0.717) is 12.1 Å². The second kappa shape index (κ2) is 9.29. The van der Waals surface area contributed by atoms with E-state index in [-0.39, 0.29) is 39.3 Å². The first-order valence-corrected chi connectivity index (χ1v) is 12.1. The lowest BCUT2D eigenvalue weighted by atomic mass is 9.78. The number of aliphatic hydroxyl groups is 1. The number of nitriles is 1. The molecule has 0 bridgehead atoms. The second-order valence-corrected chi connectivity index (χ2v) is 9.83. The van der Waals surface area contributed by atoms with Crippen molar-refractivity contribution < 1.29 is 23.1 Å². The molecule has 1 aliphatic heterocycles. The summed E-state index contributed by atoms with van der Waals surface area (Å²) in [7, 11) is 0. The van der Waals surface area contributed by atoms with Crippen LogP contribution in [-0.2, 0) is 16.6 Å². The molecule has 35 heavy (non-hydrogen) atoms. The third-order valence-electron chi connectivity index (χ3n) is 7.06. The lowest BCUT2D eigenvalue weighted by molar-refractivity contribution is -0.142. The number of carbonyl (C=O) groups is 1. The predicted octanol–water partition coefficient (Wildman–Crippen LogP) is 5.59. The van der Waals surface area contributed by atoms with Crippen LogP contribution in [0.5, 0.6) is 0 Å². The smallest absolute Gasteiger partial charge is 0.372 e. The molecule has 1 atom stereocenters. The van der Waals surface area contributed by atoms with Crippen molar-refractivity contribution >= 4 is 34.8 Å². The molecule has 0 saturated heterocycles. The number of hydrogen-bond donors (Lipinski definition) is 1. The summed E-state index contributed by atoms with van der Waals surface area (Å²) in [5.74, 6) is -0.885. The van der Waals surface area contributed by atoms with Crippen LogP contribution in [0.25, 0.3) is 0 Å². The topological polar surface area (TPSA) is 67.6 Å². The maximum Gasteiger partial charge on any atom is 0.416 e. The number of amides is 1. The first kappa shape index (κ1) is 25.8. The highest BCUT2D eigenvalue weighted by atomic mass is 35.5. The monoisotopic (exact) mass is 525 g/mol. The molecule has 10 heteroatoms. The molecule has 4 rings (SSSR count). The number of hydrogen-bond acceptors (Lipinski definition) is 4. The summed E-state index contributed by atoms with van der Waals surface area (Å²) >= 11 is 12.2. The van der Waals surface area contributed by atoms with E-state index in [1.54, 1.807) is 6.07 Å². The Morgan fingerprint density at radius 2 is 1.86 bits per heavy atom. The van der Waals surface area contributed by atoms with Gasteiger partial charge in [0, 0.05) is 33.8 Å². The van der Waals surface area contributed by atoms with E-state index >= 15 is 0 Å². The Morgan fingerprint density at radius 1 is 1.20 bits per heavy atom. The van der Waals surface area contributed by atoms with Gasteiger partial charge < -0.3 is 14.9 Å². The van der Waals surface area contributed by atoms with Gasteiger partial charge in [0.25, 0.3) is 5.91 Å². The highest BCUT2D eigenvalue weighted by Crippen LogP contribution is 2.52. The molecule has 1 saturated carbocycles. The van der Waals surface area contributed by atoms with Crippen LogP contribution in [0.4, 0.5) is 18.9 Å². The number of nitrogens with zero attached hydrogens (tertiary/aromatic N) is 3. The van der Waals surface area contributed by atoms with Crippen LogP contribution in [-0.4, -0.2) is 41.6 Å². The standard InChI is InChI=1S/C25H24Cl2F3N3O2/c1-3-32(4-2)17-7-15(8-17)13-33-21-10-14(12-31)9-19(25(28,29)30)22(21)24(35,23(33)34)18-6-5-16(26)11-20(18)27/h5-6,9-11,15,17,35H,3-4,7-8,13H2,1-2H3/t15-,17+,24?. The summed E-state index contributed by atoms with van der Waals surface area (Å²) in [4.78, 5) is 17.2. The number of anilines is 1. The van der Waals surface area contributed by atoms with Crippen LogP contribution in [0.3, 0.4) is 0 Å². The van der Waals surface area contributed by atoms with Crippen LogP contribution in [0.2, 0.25) is 10.0 Å². The van der Waals surface area contributed by atoms with Gasteiger partial charge in [-0.05, 0) is 56.1 Å². The van der Waals surface area contributed by atoms with E-state index < -0.39 is 28.8 Å². The van der Waals surface area contributed by atoms with Gasteiger partial charge in [-0.25, -0.2) is 0 Å². The molecule has 5 nitrogen and oxygen atoms in total. The van der Waals surface area contributed by atoms with Gasteiger partial charge in [-0.2, -0.15) is 18.4 Å². The molecule has 1 N–H and O–H groups in total. The Labute approximate surface area is 211 Å². The first-order chi connectivity index (χ1) is 16.4. The molecular formula is C25H24Cl2F3N3O2. The van der Waals surface area contributed by atoms with Crippen LogP contribution >= 0.6 is 23.2 Å². The van der Waals surface area contributed by atoms with Gasteiger partial charge in [0.1, 0.15) is 0 Å². The van der Waals surface area contributed by atoms with E-state index in [1.807, 2.05) is 0 Å². The van der Waals surface area contributed by atoms with Crippen molar-refractivity contribution in [1.29, 1.82) is 5.26 Å². The number of carbonyl (C=O) groups excluding carboxylic acids is 1. The van der Waals surface area contributed by atoms with Crippen LogP contribution in [0, 0.1) is 17.2 Å². The number of fused-ring (bicyclic) bond motifs is 1. The van der Waals surface area contributed by atoms with Crippen molar-refractivity contribution in [3.05, 3.63) is 62.6 Å². The van der Waals surface area contributed by atoms with Gasteiger partial charge >= 0.3 is 6.18 Å². The molecule has 2 aliphatic rings. The zero-order valence-corrected chi connectivity index (χ0v) is 20.7. The fraction of sp³-hybridized carbons (Fsp3) is 0.440. The van der Waals surface area contributed by atoms with Gasteiger partial charge in [0.15, 0.2) is 5.60 Å². The van der Waals surface area contributed by atoms with Crippen molar-refractivity contribution in [3.63, 3.8) is 0 Å².